The minimum Gasteiger partial charge on any atom is -0.481 e. The van der Waals surface area contributed by atoms with Crippen molar-refractivity contribution in [3.8, 4) is 0 Å². The highest BCUT2D eigenvalue weighted by atomic mass is 32.2. The number of carboxylic acids is 1. The lowest BCUT2D eigenvalue weighted by molar-refractivity contribution is -0.138. The van der Waals surface area contributed by atoms with Crippen LogP contribution in [0.15, 0.2) is 11.1 Å². The van der Waals surface area contributed by atoms with Crippen molar-refractivity contribution in [1.29, 1.82) is 0 Å². The minimum atomic E-state index is -3.74. The van der Waals surface area contributed by atoms with E-state index in [4.69, 9.17) is 5.11 Å². The van der Waals surface area contributed by atoms with Crippen LogP contribution in [0, 0.1) is 6.92 Å². The molecule has 0 saturated heterocycles. The summed E-state index contributed by atoms with van der Waals surface area (Å²) in [5.74, 6) is -0.992. The van der Waals surface area contributed by atoms with Crippen LogP contribution in [0.3, 0.4) is 0 Å². The summed E-state index contributed by atoms with van der Waals surface area (Å²) in [5, 5.41) is 15.2. The number of carboxylic acid groups (broad SMARTS) is 1. The van der Waals surface area contributed by atoms with Gasteiger partial charge in [0.05, 0.1) is 18.3 Å². The number of hydrogen-bond acceptors (Lipinski definition) is 4. The average molecular weight is 287 g/mol. The quantitative estimate of drug-likeness (QED) is 0.741. The van der Waals surface area contributed by atoms with Gasteiger partial charge in [-0.25, -0.2) is 13.1 Å². The van der Waals surface area contributed by atoms with E-state index in [1.165, 1.54) is 6.20 Å². The van der Waals surface area contributed by atoms with Gasteiger partial charge in [-0.1, -0.05) is 12.8 Å². The van der Waals surface area contributed by atoms with E-state index in [9.17, 15) is 13.2 Å². The molecule has 0 bridgehead atoms. The number of rotatable bonds is 5. The van der Waals surface area contributed by atoms with Gasteiger partial charge in [0.1, 0.15) is 4.90 Å². The zero-order chi connectivity index (χ0) is 14.1. The van der Waals surface area contributed by atoms with Crippen molar-refractivity contribution >= 4 is 16.0 Å². The van der Waals surface area contributed by atoms with Crippen LogP contribution < -0.4 is 4.72 Å². The third kappa shape index (κ3) is 2.95. The van der Waals surface area contributed by atoms with E-state index in [0.29, 0.717) is 18.5 Å². The average Bonchev–Trinajstić information content (AvgIpc) is 2.86. The zero-order valence-corrected chi connectivity index (χ0v) is 11.5. The molecule has 3 N–H and O–H groups in total. The molecule has 1 aliphatic rings. The van der Waals surface area contributed by atoms with Gasteiger partial charge in [0.15, 0.2) is 0 Å². The van der Waals surface area contributed by atoms with Gasteiger partial charge in [0.2, 0.25) is 10.0 Å². The molecular weight excluding hydrogens is 270 g/mol. The smallest absolute Gasteiger partial charge is 0.305 e. The van der Waals surface area contributed by atoms with E-state index < -0.39 is 21.5 Å². The number of H-pyrrole nitrogens is 1. The lowest BCUT2D eigenvalue weighted by Crippen LogP contribution is -2.47. The fourth-order valence-electron chi connectivity index (χ4n) is 2.61. The maximum atomic E-state index is 12.3. The number of hydrogen-bond donors (Lipinski definition) is 3. The van der Waals surface area contributed by atoms with Crippen LogP contribution >= 0.6 is 0 Å². The maximum Gasteiger partial charge on any atom is 0.305 e. The summed E-state index contributed by atoms with van der Waals surface area (Å²) in [6.07, 6.45) is 3.81. The van der Waals surface area contributed by atoms with Gasteiger partial charge in [-0.3, -0.25) is 9.89 Å². The van der Waals surface area contributed by atoms with Crippen molar-refractivity contribution in [1.82, 2.24) is 14.9 Å². The first-order valence-corrected chi connectivity index (χ1v) is 7.59. The van der Waals surface area contributed by atoms with Crippen molar-refractivity contribution < 1.29 is 18.3 Å². The van der Waals surface area contributed by atoms with Crippen molar-refractivity contribution in [3.05, 3.63) is 11.9 Å². The fourth-order valence-corrected chi connectivity index (χ4v) is 4.20. The highest BCUT2D eigenvalue weighted by Crippen LogP contribution is 2.34. The van der Waals surface area contributed by atoms with Crippen LogP contribution in [0.25, 0.3) is 0 Å². The first-order valence-electron chi connectivity index (χ1n) is 6.10. The molecule has 1 saturated carbocycles. The summed E-state index contributed by atoms with van der Waals surface area (Å²) >= 11 is 0. The van der Waals surface area contributed by atoms with E-state index in [1.54, 1.807) is 6.92 Å². The van der Waals surface area contributed by atoms with E-state index in [-0.39, 0.29) is 11.3 Å². The van der Waals surface area contributed by atoms with Crippen LogP contribution in [0.2, 0.25) is 0 Å². The monoisotopic (exact) mass is 287 g/mol. The van der Waals surface area contributed by atoms with Gasteiger partial charge < -0.3 is 5.11 Å². The molecule has 0 radical (unpaired) electrons. The molecule has 1 aliphatic carbocycles. The van der Waals surface area contributed by atoms with Gasteiger partial charge in [0.25, 0.3) is 0 Å². The minimum absolute atomic E-state index is 0.0733. The van der Waals surface area contributed by atoms with Gasteiger partial charge in [-0.05, 0) is 19.8 Å². The van der Waals surface area contributed by atoms with Crippen LogP contribution in [0.4, 0.5) is 0 Å². The molecule has 0 aliphatic heterocycles. The topological polar surface area (TPSA) is 112 Å². The second-order valence-electron chi connectivity index (χ2n) is 5.02. The molecule has 2 rings (SSSR count). The Balaban J connectivity index is 2.27. The molecule has 106 valence electrons. The van der Waals surface area contributed by atoms with Gasteiger partial charge in [-0.2, -0.15) is 5.10 Å². The van der Waals surface area contributed by atoms with Gasteiger partial charge in [-0.15, -0.1) is 0 Å². The lowest BCUT2D eigenvalue weighted by atomic mass is 9.95. The highest BCUT2D eigenvalue weighted by molar-refractivity contribution is 7.89. The molecule has 1 aromatic rings. The summed E-state index contributed by atoms with van der Waals surface area (Å²) in [7, 11) is -3.74. The molecule has 0 amide bonds. The van der Waals surface area contributed by atoms with Gasteiger partial charge in [0, 0.05) is 5.54 Å². The van der Waals surface area contributed by atoms with Crippen molar-refractivity contribution in [2.45, 2.75) is 49.5 Å². The number of aryl methyl sites for hydroxylation is 1. The largest absolute Gasteiger partial charge is 0.481 e. The number of sulfonamides is 1. The van der Waals surface area contributed by atoms with E-state index >= 15 is 0 Å². The Bertz CT molecular complexity index is 573. The molecule has 8 heteroatoms. The van der Waals surface area contributed by atoms with Crippen LogP contribution in [0.5, 0.6) is 0 Å². The lowest BCUT2D eigenvalue weighted by Gasteiger charge is -2.28. The number of aromatic nitrogens is 2. The molecule has 1 heterocycles. The first kappa shape index (κ1) is 14.0. The maximum absolute atomic E-state index is 12.3. The predicted molar refractivity (Wildman–Crippen MR) is 67.1 cm³/mol. The first-order chi connectivity index (χ1) is 8.85. The third-order valence-corrected chi connectivity index (χ3v) is 5.17. The number of aliphatic carboxylic acids is 1. The Kier molecular flexibility index (Phi) is 3.64. The molecule has 19 heavy (non-hydrogen) atoms. The molecule has 0 aromatic carbocycles. The SMILES string of the molecule is Cc1[nH]ncc1S(=O)(=O)NC1(CC(=O)O)CCCC1. The molecule has 0 spiro atoms. The third-order valence-electron chi connectivity index (χ3n) is 3.47. The molecular formula is C11H17N3O4S. The van der Waals surface area contributed by atoms with E-state index in [0.717, 1.165) is 12.8 Å². The molecule has 7 nitrogen and oxygen atoms in total. The van der Waals surface area contributed by atoms with Crippen molar-refractivity contribution in [2.24, 2.45) is 0 Å². The fraction of sp³-hybridized carbons (Fsp3) is 0.636. The van der Waals surface area contributed by atoms with Crippen LogP contribution in [-0.4, -0.2) is 35.2 Å². The number of carbonyl (C=O) groups is 1. The molecule has 1 fully saturated rings. The second kappa shape index (κ2) is 4.93. The van der Waals surface area contributed by atoms with Crippen molar-refractivity contribution in [3.63, 3.8) is 0 Å². The summed E-state index contributed by atoms with van der Waals surface area (Å²) in [5.41, 5.74) is -0.426. The summed E-state index contributed by atoms with van der Waals surface area (Å²) in [4.78, 5) is 11.0. The predicted octanol–water partition coefficient (Wildman–Crippen LogP) is 0.784. The number of nitrogens with zero attached hydrogens (tertiary/aromatic N) is 1. The molecule has 1 aromatic heterocycles. The number of aromatic amines is 1. The second-order valence-corrected chi connectivity index (χ2v) is 6.67. The Labute approximate surface area is 111 Å². The normalized spacial score (nSPS) is 18.6. The van der Waals surface area contributed by atoms with Gasteiger partial charge >= 0.3 is 5.97 Å². The molecule has 0 unspecified atom stereocenters. The van der Waals surface area contributed by atoms with Crippen LogP contribution in [-0.2, 0) is 14.8 Å². The Morgan fingerprint density at radius 1 is 1.53 bits per heavy atom. The molecule has 0 atom stereocenters. The Hall–Kier alpha value is -1.41. The highest BCUT2D eigenvalue weighted by Gasteiger charge is 2.40. The van der Waals surface area contributed by atoms with Crippen molar-refractivity contribution in [2.75, 3.05) is 0 Å². The van der Waals surface area contributed by atoms with E-state index in [2.05, 4.69) is 14.9 Å². The Morgan fingerprint density at radius 3 is 2.63 bits per heavy atom. The summed E-state index contributed by atoms with van der Waals surface area (Å²) < 4.78 is 27.2. The van der Waals surface area contributed by atoms with Crippen LogP contribution in [0.1, 0.15) is 37.8 Å². The number of nitrogens with one attached hydrogen (secondary N) is 2. The Morgan fingerprint density at radius 2 is 2.16 bits per heavy atom. The van der Waals surface area contributed by atoms with E-state index in [1.807, 2.05) is 0 Å². The zero-order valence-electron chi connectivity index (χ0n) is 10.6. The standard InChI is InChI=1S/C11H17N3O4S/c1-8-9(7-12-13-8)19(17,18)14-11(6-10(15)16)4-2-3-5-11/h7,14H,2-6H2,1H3,(H,12,13)(H,15,16). The summed E-state index contributed by atoms with van der Waals surface area (Å²) in [6, 6.07) is 0. The summed E-state index contributed by atoms with van der Waals surface area (Å²) in [6.45, 7) is 1.61.